The summed E-state index contributed by atoms with van der Waals surface area (Å²) in [6.07, 6.45) is -1.78. The topological polar surface area (TPSA) is 46.5 Å². The second-order valence-corrected chi connectivity index (χ2v) is 4.83. The third kappa shape index (κ3) is 4.07. The number of Topliss-reactive ketones (excluding diaryl/α,β-unsaturated/α-hetero) is 1. The lowest BCUT2D eigenvalue weighted by atomic mass is 9.98. The molecule has 0 aromatic heterocycles. The van der Waals surface area contributed by atoms with Crippen molar-refractivity contribution in [1.29, 1.82) is 0 Å². The second-order valence-electron chi connectivity index (χ2n) is 4.83. The van der Waals surface area contributed by atoms with Crippen molar-refractivity contribution in [3.8, 4) is 5.75 Å². The van der Waals surface area contributed by atoms with Crippen LogP contribution in [0.2, 0.25) is 0 Å². The van der Waals surface area contributed by atoms with Crippen LogP contribution in [0.3, 0.4) is 0 Å². The van der Waals surface area contributed by atoms with E-state index in [2.05, 4.69) is 4.74 Å². The zero-order valence-electron chi connectivity index (χ0n) is 11.9. The number of aliphatic hydroxyl groups excluding tert-OH is 1. The molecule has 1 unspecified atom stereocenters. The Morgan fingerprint density at radius 2 is 1.70 bits per heavy atom. The molecule has 7 heteroatoms. The summed E-state index contributed by atoms with van der Waals surface area (Å²) in [5.74, 6) is -2.78. The van der Waals surface area contributed by atoms with E-state index in [1.54, 1.807) is 0 Å². The van der Waals surface area contributed by atoms with Crippen molar-refractivity contribution in [1.82, 2.24) is 0 Å². The summed E-state index contributed by atoms with van der Waals surface area (Å²) in [4.78, 5) is 12.2. The first-order valence-corrected chi connectivity index (χ1v) is 6.51. The Hall–Kier alpha value is -2.41. The highest BCUT2D eigenvalue weighted by Gasteiger charge is 2.21. The number of benzene rings is 2. The summed E-state index contributed by atoms with van der Waals surface area (Å²) in [5.41, 5.74) is 0.0214. The van der Waals surface area contributed by atoms with Gasteiger partial charge in [0, 0.05) is 11.6 Å². The number of aliphatic hydroxyl groups is 1. The van der Waals surface area contributed by atoms with Gasteiger partial charge < -0.3 is 9.84 Å². The molecular formula is C16H12F4O3. The van der Waals surface area contributed by atoms with Crippen LogP contribution in [0, 0.1) is 18.6 Å². The standard InChI is InChI=1S/C16H12F4O3/c1-8-4-9(2-3-13(8)23-16(19)20)14(21)15(22)10-5-11(17)7-12(18)6-10/h2-7,15-16,22H,1H3. The van der Waals surface area contributed by atoms with Gasteiger partial charge in [-0.25, -0.2) is 8.78 Å². The van der Waals surface area contributed by atoms with Crippen LogP contribution in [0.5, 0.6) is 5.75 Å². The Morgan fingerprint density at radius 1 is 1.09 bits per heavy atom. The number of hydrogen-bond donors (Lipinski definition) is 1. The van der Waals surface area contributed by atoms with Gasteiger partial charge in [-0.05, 0) is 48.4 Å². The number of carbonyl (C=O) groups is 1. The van der Waals surface area contributed by atoms with Crippen LogP contribution >= 0.6 is 0 Å². The molecule has 2 rings (SSSR count). The molecule has 122 valence electrons. The van der Waals surface area contributed by atoms with Crippen molar-refractivity contribution >= 4 is 5.78 Å². The maximum absolute atomic E-state index is 13.1. The molecule has 0 aliphatic rings. The Morgan fingerprint density at radius 3 is 2.22 bits per heavy atom. The summed E-state index contributed by atoms with van der Waals surface area (Å²) in [7, 11) is 0. The number of ether oxygens (including phenoxy) is 1. The lowest BCUT2D eigenvalue weighted by Gasteiger charge is -2.13. The highest BCUT2D eigenvalue weighted by Crippen LogP contribution is 2.25. The first-order valence-electron chi connectivity index (χ1n) is 6.51. The highest BCUT2D eigenvalue weighted by molar-refractivity contribution is 6.00. The number of carbonyl (C=O) groups excluding carboxylic acids is 1. The Bertz CT molecular complexity index is 711. The third-order valence-corrected chi connectivity index (χ3v) is 3.12. The van der Waals surface area contributed by atoms with Crippen molar-refractivity contribution in [2.45, 2.75) is 19.6 Å². The van der Waals surface area contributed by atoms with Gasteiger partial charge in [-0.3, -0.25) is 4.79 Å². The number of hydrogen-bond acceptors (Lipinski definition) is 3. The normalized spacial score (nSPS) is 12.3. The second kappa shape index (κ2) is 6.78. The van der Waals surface area contributed by atoms with Gasteiger partial charge in [0.25, 0.3) is 0 Å². The zero-order chi connectivity index (χ0) is 17.1. The van der Waals surface area contributed by atoms with E-state index in [-0.39, 0.29) is 22.4 Å². The van der Waals surface area contributed by atoms with E-state index in [4.69, 9.17) is 0 Å². The van der Waals surface area contributed by atoms with Crippen LogP contribution in [0.15, 0.2) is 36.4 Å². The van der Waals surface area contributed by atoms with E-state index in [0.29, 0.717) is 6.07 Å². The van der Waals surface area contributed by atoms with Gasteiger partial charge in [0.05, 0.1) is 0 Å². The summed E-state index contributed by atoms with van der Waals surface area (Å²) < 4.78 is 54.9. The van der Waals surface area contributed by atoms with Gasteiger partial charge in [0.2, 0.25) is 0 Å². The van der Waals surface area contributed by atoms with E-state index >= 15 is 0 Å². The van der Waals surface area contributed by atoms with Gasteiger partial charge in [-0.15, -0.1) is 0 Å². The fourth-order valence-electron chi connectivity index (χ4n) is 2.07. The molecule has 2 aromatic rings. The minimum absolute atomic E-state index is 0.00119. The minimum atomic E-state index is -3.00. The third-order valence-electron chi connectivity index (χ3n) is 3.12. The molecule has 0 aliphatic carbocycles. The van der Waals surface area contributed by atoms with E-state index in [9.17, 15) is 27.5 Å². The highest BCUT2D eigenvalue weighted by atomic mass is 19.3. The maximum Gasteiger partial charge on any atom is 0.387 e. The molecule has 0 radical (unpaired) electrons. The monoisotopic (exact) mass is 328 g/mol. The fourth-order valence-corrected chi connectivity index (χ4v) is 2.07. The van der Waals surface area contributed by atoms with Crippen molar-refractivity contribution in [3.05, 3.63) is 64.7 Å². The number of aryl methyl sites for hydroxylation is 1. The van der Waals surface area contributed by atoms with Crippen LogP contribution in [0.4, 0.5) is 17.6 Å². The lowest BCUT2D eigenvalue weighted by Crippen LogP contribution is -2.13. The first kappa shape index (κ1) is 17.0. The van der Waals surface area contributed by atoms with Crippen molar-refractivity contribution in [3.63, 3.8) is 0 Å². The molecule has 0 amide bonds. The summed E-state index contributed by atoms with van der Waals surface area (Å²) in [6, 6.07) is 5.89. The molecule has 3 nitrogen and oxygen atoms in total. The molecule has 0 spiro atoms. The average Bonchev–Trinajstić information content (AvgIpc) is 2.46. The van der Waals surface area contributed by atoms with Crippen LogP contribution < -0.4 is 4.74 Å². The first-order chi connectivity index (χ1) is 10.8. The molecule has 1 N–H and O–H groups in total. The SMILES string of the molecule is Cc1cc(C(=O)C(O)c2cc(F)cc(F)c2)ccc1OC(F)F. The lowest BCUT2D eigenvalue weighted by molar-refractivity contribution is -0.0502. The van der Waals surface area contributed by atoms with Crippen molar-refractivity contribution in [2.75, 3.05) is 0 Å². The molecule has 1 atom stereocenters. The molecule has 0 fully saturated rings. The Labute approximate surface area is 129 Å². The Kier molecular flexibility index (Phi) is 5.00. The number of rotatable bonds is 5. The van der Waals surface area contributed by atoms with Crippen molar-refractivity contribution < 1.29 is 32.2 Å². The Balaban J connectivity index is 2.27. The molecule has 0 aliphatic heterocycles. The summed E-state index contributed by atoms with van der Waals surface area (Å²) >= 11 is 0. The molecular weight excluding hydrogens is 316 g/mol. The largest absolute Gasteiger partial charge is 0.435 e. The van der Waals surface area contributed by atoms with E-state index in [1.807, 2.05) is 0 Å². The van der Waals surface area contributed by atoms with Gasteiger partial charge in [-0.2, -0.15) is 8.78 Å². The fraction of sp³-hybridized carbons (Fsp3) is 0.188. The average molecular weight is 328 g/mol. The quantitative estimate of drug-likeness (QED) is 0.671. The summed E-state index contributed by atoms with van der Waals surface area (Å²) in [6.45, 7) is -1.56. The van der Waals surface area contributed by atoms with Crippen LogP contribution in [0.25, 0.3) is 0 Å². The van der Waals surface area contributed by atoms with Crippen LogP contribution in [-0.4, -0.2) is 17.5 Å². The van der Waals surface area contributed by atoms with Crippen LogP contribution in [-0.2, 0) is 0 Å². The smallest absolute Gasteiger partial charge is 0.387 e. The number of halogens is 4. The number of alkyl halides is 2. The predicted molar refractivity (Wildman–Crippen MR) is 73.5 cm³/mol. The zero-order valence-corrected chi connectivity index (χ0v) is 11.9. The molecule has 0 heterocycles. The van der Waals surface area contributed by atoms with Gasteiger partial charge in [0.15, 0.2) is 5.78 Å². The number of ketones is 1. The van der Waals surface area contributed by atoms with Gasteiger partial charge >= 0.3 is 6.61 Å². The molecule has 0 saturated heterocycles. The molecule has 0 bridgehead atoms. The maximum atomic E-state index is 13.1. The molecule has 2 aromatic carbocycles. The van der Waals surface area contributed by atoms with Crippen molar-refractivity contribution in [2.24, 2.45) is 0 Å². The minimum Gasteiger partial charge on any atom is -0.435 e. The van der Waals surface area contributed by atoms with Gasteiger partial charge in [-0.1, -0.05) is 0 Å². The predicted octanol–water partition coefficient (Wildman–Crippen LogP) is 3.79. The molecule has 23 heavy (non-hydrogen) atoms. The van der Waals surface area contributed by atoms with Crippen LogP contribution in [0.1, 0.15) is 27.6 Å². The van der Waals surface area contributed by atoms with E-state index in [1.165, 1.54) is 19.1 Å². The van der Waals surface area contributed by atoms with E-state index in [0.717, 1.165) is 18.2 Å². The molecule has 0 saturated carbocycles. The summed E-state index contributed by atoms with van der Waals surface area (Å²) in [5, 5.41) is 9.96. The van der Waals surface area contributed by atoms with E-state index < -0.39 is 30.1 Å². The van der Waals surface area contributed by atoms with Gasteiger partial charge in [0.1, 0.15) is 23.5 Å².